The Labute approximate surface area is 146 Å². The third-order valence-electron chi connectivity index (χ3n) is 3.83. The van der Waals surface area contributed by atoms with Gasteiger partial charge in [-0.3, -0.25) is 4.79 Å². The van der Waals surface area contributed by atoms with Gasteiger partial charge in [-0.2, -0.15) is 13.2 Å². The highest BCUT2D eigenvalue weighted by atomic mass is 19.4. The van der Waals surface area contributed by atoms with E-state index in [2.05, 4.69) is 19.9 Å². The molecule has 0 aliphatic carbocycles. The predicted octanol–water partition coefficient (Wildman–Crippen LogP) is 1.98. The van der Waals surface area contributed by atoms with Crippen LogP contribution in [0.3, 0.4) is 0 Å². The van der Waals surface area contributed by atoms with E-state index in [1.165, 1.54) is 7.11 Å². The number of methoxy groups -OCH3 is 1. The van der Waals surface area contributed by atoms with Crippen LogP contribution in [-0.4, -0.2) is 58.4 Å². The number of esters is 1. The Hall–Kier alpha value is -2.85. The van der Waals surface area contributed by atoms with Crippen LogP contribution in [0.15, 0.2) is 18.6 Å². The van der Waals surface area contributed by atoms with Crippen LogP contribution in [0.25, 0.3) is 11.0 Å². The number of H-pyrrole nitrogens is 1. The largest absolute Gasteiger partial charge is 0.490 e. The molecule has 2 aromatic heterocycles. The molecule has 2 aromatic rings. The smallest absolute Gasteiger partial charge is 0.475 e. The fraction of sp³-hybridized carbons (Fsp3) is 0.467. The third-order valence-corrected chi connectivity index (χ3v) is 3.83. The van der Waals surface area contributed by atoms with Crippen LogP contribution in [0.2, 0.25) is 0 Å². The predicted molar refractivity (Wildman–Crippen MR) is 84.5 cm³/mol. The summed E-state index contributed by atoms with van der Waals surface area (Å²) in [6.07, 6.45) is 0.167. The molecule has 3 rings (SSSR count). The zero-order valence-electron chi connectivity index (χ0n) is 13.8. The van der Waals surface area contributed by atoms with E-state index < -0.39 is 12.1 Å². The molecule has 1 atom stereocenters. The minimum absolute atomic E-state index is 0.0669. The number of carbonyl (C=O) groups excluding carboxylic acids is 1. The molecule has 0 saturated carbocycles. The summed E-state index contributed by atoms with van der Waals surface area (Å²) in [7, 11) is 1.44. The SMILES string of the molecule is COC(=O)[C@@H]1CCCN(c2ncnc3[nH]ccc23)C1.O=C(O)C(F)(F)F. The second-order valence-corrected chi connectivity index (χ2v) is 5.55. The van der Waals surface area contributed by atoms with Crippen LogP contribution in [0, 0.1) is 5.92 Å². The molecule has 1 saturated heterocycles. The molecule has 26 heavy (non-hydrogen) atoms. The van der Waals surface area contributed by atoms with E-state index >= 15 is 0 Å². The lowest BCUT2D eigenvalue weighted by molar-refractivity contribution is -0.192. The number of rotatable bonds is 2. The first kappa shape index (κ1) is 19.5. The number of aromatic amines is 1. The molecular formula is C15H17F3N4O4. The van der Waals surface area contributed by atoms with Crippen LogP contribution in [0.1, 0.15) is 12.8 Å². The number of ether oxygens (including phenoxy) is 1. The fourth-order valence-corrected chi connectivity index (χ4v) is 2.64. The van der Waals surface area contributed by atoms with E-state index in [1.54, 1.807) is 6.33 Å². The lowest BCUT2D eigenvalue weighted by atomic mass is 9.98. The Morgan fingerprint density at radius 2 is 2.08 bits per heavy atom. The van der Waals surface area contributed by atoms with Crippen molar-refractivity contribution in [1.29, 1.82) is 0 Å². The van der Waals surface area contributed by atoms with Crippen molar-refractivity contribution in [2.24, 2.45) is 5.92 Å². The topological polar surface area (TPSA) is 108 Å². The number of halogens is 3. The quantitative estimate of drug-likeness (QED) is 0.774. The molecule has 0 aromatic carbocycles. The molecule has 11 heteroatoms. The summed E-state index contributed by atoms with van der Waals surface area (Å²) >= 11 is 0. The van der Waals surface area contributed by atoms with E-state index in [-0.39, 0.29) is 11.9 Å². The molecule has 1 fully saturated rings. The standard InChI is InChI=1S/C13H16N4O2.C2HF3O2/c1-19-13(18)9-3-2-6-17(7-9)12-10-4-5-14-11(10)15-8-16-12;3-2(4,5)1(6)7/h4-5,8-9H,2-3,6-7H2,1H3,(H,14,15,16);(H,6,7)/t9-;/m1./s1. The Morgan fingerprint density at radius 1 is 1.38 bits per heavy atom. The average molecular weight is 374 g/mol. The van der Waals surface area contributed by atoms with Crippen molar-refractivity contribution in [3.8, 4) is 0 Å². The Balaban J connectivity index is 0.000000298. The third kappa shape index (κ3) is 4.61. The van der Waals surface area contributed by atoms with Crippen molar-refractivity contribution in [3.05, 3.63) is 18.6 Å². The van der Waals surface area contributed by atoms with Crippen LogP contribution in [0.5, 0.6) is 0 Å². The lowest BCUT2D eigenvalue weighted by Gasteiger charge is -2.32. The van der Waals surface area contributed by atoms with Crippen LogP contribution in [-0.2, 0) is 14.3 Å². The van der Waals surface area contributed by atoms with Gasteiger partial charge in [0.1, 0.15) is 17.8 Å². The number of carboxylic acid groups (broad SMARTS) is 1. The minimum atomic E-state index is -5.08. The number of carbonyl (C=O) groups is 2. The summed E-state index contributed by atoms with van der Waals surface area (Å²) in [6.45, 7) is 1.56. The van der Waals surface area contributed by atoms with Gasteiger partial charge in [0.05, 0.1) is 18.4 Å². The summed E-state index contributed by atoms with van der Waals surface area (Å²) in [5, 5.41) is 8.12. The fourth-order valence-electron chi connectivity index (χ4n) is 2.64. The molecule has 0 unspecified atom stereocenters. The van der Waals surface area contributed by atoms with Crippen LogP contribution in [0.4, 0.5) is 19.0 Å². The number of nitrogens with one attached hydrogen (secondary N) is 1. The number of alkyl halides is 3. The van der Waals surface area contributed by atoms with E-state index in [0.29, 0.717) is 6.54 Å². The number of nitrogens with zero attached hydrogens (tertiary/aromatic N) is 3. The Morgan fingerprint density at radius 3 is 2.69 bits per heavy atom. The summed E-state index contributed by atoms with van der Waals surface area (Å²) in [5.74, 6) is -2.07. The maximum absolute atomic E-state index is 11.7. The molecular weight excluding hydrogens is 357 g/mol. The molecule has 0 spiro atoms. The van der Waals surface area contributed by atoms with E-state index in [9.17, 15) is 18.0 Å². The zero-order valence-corrected chi connectivity index (χ0v) is 13.8. The van der Waals surface area contributed by atoms with Crippen LogP contribution >= 0.6 is 0 Å². The van der Waals surface area contributed by atoms with E-state index in [4.69, 9.17) is 14.6 Å². The van der Waals surface area contributed by atoms with Gasteiger partial charge >= 0.3 is 18.1 Å². The summed E-state index contributed by atoms with van der Waals surface area (Å²) in [5.41, 5.74) is 0.824. The van der Waals surface area contributed by atoms with Gasteiger partial charge in [0.15, 0.2) is 0 Å². The number of anilines is 1. The maximum Gasteiger partial charge on any atom is 0.490 e. The highest BCUT2D eigenvalue weighted by Gasteiger charge is 2.38. The second kappa shape index (κ2) is 8.02. The molecule has 0 amide bonds. The maximum atomic E-state index is 11.7. The van der Waals surface area contributed by atoms with E-state index in [0.717, 1.165) is 36.2 Å². The number of aromatic nitrogens is 3. The van der Waals surface area contributed by atoms with Gasteiger partial charge in [0.25, 0.3) is 0 Å². The van der Waals surface area contributed by atoms with Gasteiger partial charge in [-0.1, -0.05) is 0 Å². The number of aliphatic carboxylic acids is 1. The molecule has 3 heterocycles. The van der Waals surface area contributed by atoms with E-state index in [1.807, 2.05) is 12.3 Å². The van der Waals surface area contributed by atoms with Crippen molar-refractivity contribution in [2.75, 3.05) is 25.1 Å². The number of hydrogen-bond acceptors (Lipinski definition) is 6. The van der Waals surface area contributed by atoms with Crippen LogP contribution < -0.4 is 4.90 Å². The molecule has 1 aliphatic rings. The van der Waals surface area contributed by atoms with Gasteiger partial charge in [0.2, 0.25) is 0 Å². The molecule has 142 valence electrons. The number of carboxylic acids is 1. The van der Waals surface area contributed by atoms with Crippen molar-refractivity contribution in [1.82, 2.24) is 15.0 Å². The Bertz CT molecular complexity index is 778. The first-order chi connectivity index (χ1) is 12.2. The Kier molecular flexibility index (Phi) is 6.01. The van der Waals surface area contributed by atoms with Gasteiger partial charge in [-0.25, -0.2) is 14.8 Å². The van der Waals surface area contributed by atoms with Crippen molar-refractivity contribution in [3.63, 3.8) is 0 Å². The molecule has 1 aliphatic heterocycles. The highest BCUT2D eigenvalue weighted by Crippen LogP contribution is 2.27. The molecule has 8 nitrogen and oxygen atoms in total. The van der Waals surface area contributed by atoms with Gasteiger partial charge < -0.3 is 19.7 Å². The molecule has 0 bridgehead atoms. The first-order valence-corrected chi connectivity index (χ1v) is 7.65. The zero-order chi connectivity index (χ0) is 19.3. The van der Waals surface area contributed by atoms with Gasteiger partial charge in [-0.15, -0.1) is 0 Å². The monoisotopic (exact) mass is 374 g/mol. The average Bonchev–Trinajstić information content (AvgIpc) is 3.09. The normalized spacial score (nSPS) is 17.4. The summed E-state index contributed by atoms with van der Waals surface area (Å²) in [6, 6.07) is 1.96. The molecule has 2 N–H and O–H groups in total. The van der Waals surface area contributed by atoms with Gasteiger partial charge in [0, 0.05) is 19.3 Å². The van der Waals surface area contributed by atoms with Crippen molar-refractivity contribution >= 4 is 28.8 Å². The molecule has 0 radical (unpaired) electrons. The second-order valence-electron chi connectivity index (χ2n) is 5.55. The van der Waals surface area contributed by atoms with Crippen molar-refractivity contribution in [2.45, 2.75) is 19.0 Å². The summed E-state index contributed by atoms with van der Waals surface area (Å²) < 4.78 is 36.6. The number of fused-ring (bicyclic) bond motifs is 1. The minimum Gasteiger partial charge on any atom is -0.475 e. The highest BCUT2D eigenvalue weighted by molar-refractivity contribution is 5.87. The first-order valence-electron chi connectivity index (χ1n) is 7.65. The number of hydrogen-bond donors (Lipinski definition) is 2. The van der Waals surface area contributed by atoms with Gasteiger partial charge in [-0.05, 0) is 18.9 Å². The van der Waals surface area contributed by atoms with Crippen molar-refractivity contribution < 1.29 is 32.6 Å². The number of piperidine rings is 1. The summed E-state index contributed by atoms with van der Waals surface area (Å²) in [4.78, 5) is 34.3. The lowest BCUT2D eigenvalue weighted by Crippen LogP contribution is -2.39.